The minimum Gasteiger partial charge on any atom is -0.508 e. The van der Waals surface area contributed by atoms with Crippen LogP contribution in [0.2, 0.25) is 0 Å². The molecule has 0 aliphatic rings. The third-order valence-corrected chi connectivity index (χ3v) is 2.83. The van der Waals surface area contributed by atoms with E-state index in [1.165, 1.54) is 5.56 Å². The Bertz CT molecular complexity index is 561. The number of hydrogen-bond acceptors (Lipinski definition) is 7. The second kappa shape index (κ2) is 16.6. The average molecular weight is 386 g/mol. The van der Waals surface area contributed by atoms with Gasteiger partial charge in [-0.3, -0.25) is 14.6 Å². The number of phenols is 1. The lowest BCUT2D eigenvalue weighted by atomic mass is 10.1. The number of aliphatic carboxylic acids is 2. The summed E-state index contributed by atoms with van der Waals surface area (Å²) in [6.07, 6.45) is 1.83. The molecule has 0 heterocycles. The molecule has 1 atom stereocenters. The Morgan fingerprint density at radius 3 is 1.96 bits per heavy atom. The van der Waals surface area contributed by atoms with Crippen molar-refractivity contribution in [1.29, 1.82) is 0 Å². The summed E-state index contributed by atoms with van der Waals surface area (Å²) in [5, 5.41) is 24.9. The number of nitrogens with zero attached hydrogens (tertiary/aromatic N) is 1. The highest BCUT2D eigenvalue weighted by Gasteiger charge is 2.09. The zero-order valence-electron chi connectivity index (χ0n) is 15.1. The van der Waals surface area contributed by atoms with Gasteiger partial charge in [-0.1, -0.05) is 12.1 Å². The summed E-state index contributed by atoms with van der Waals surface area (Å²) in [4.78, 5) is 23.1. The van der Waals surface area contributed by atoms with E-state index in [4.69, 9.17) is 38.3 Å². The normalized spacial score (nSPS) is 10.3. The van der Waals surface area contributed by atoms with E-state index >= 15 is 0 Å². The van der Waals surface area contributed by atoms with E-state index in [-0.39, 0.29) is 12.5 Å². The topological polar surface area (TPSA) is 237 Å². The van der Waals surface area contributed by atoms with Gasteiger partial charge in [0.25, 0.3) is 0 Å². The molecule has 27 heavy (non-hydrogen) atoms. The Morgan fingerprint density at radius 1 is 1.07 bits per heavy atom. The summed E-state index contributed by atoms with van der Waals surface area (Å²) < 4.78 is 0. The average Bonchev–Trinajstić information content (AvgIpc) is 2.61. The molecular formula is C16H30N6O5. The molecule has 11 nitrogen and oxygen atoms in total. The molecule has 1 unspecified atom stereocenters. The highest BCUT2D eigenvalue weighted by atomic mass is 16.4. The molecule has 1 aromatic carbocycles. The Labute approximate surface area is 157 Å². The summed E-state index contributed by atoms with van der Waals surface area (Å²) in [7, 11) is 0. The fraction of sp³-hybridized carbons (Fsp3) is 0.438. The largest absolute Gasteiger partial charge is 0.508 e. The van der Waals surface area contributed by atoms with Crippen molar-refractivity contribution < 1.29 is 24.9 Å². The Balaban J connectivity index is 0. The van der Waals surface area contributed by atoms with Crippen molar-refractivity contribution >= 4 is 17.9 Å². The molecule has 0 aliphatic heterocycles. The maximum atomic E-state index is 10.2. The summed E-state index contributed by atoms with van der Waals surface area (Å²) >= 11 is 0. The number of nitrogens with two attached hydrogens (primary N) is 5. The SMILES string of the molecule is NC(N)=NCCCC(N)C(=O)O.NCC(=O)O.NCCc1ccc(O)cc1. The van der Waals surface area contributed by atoms with Crippen LogP contribution in [0.5, 0.6) is 5.75 Å². The van der Waals surface area contributed by atoms with Crippen molar-refractivity contribution in [3.63, 3.8) is 0 Å². The van der Waals surface area contributed by atoms with Crippen LogP contribution in [0.3, 0.4) is 0 Å². The molecule has 154 valence electrons. The van der Waals surface area contributed by atoms with E-state index in [1.54, 1.807) is 12.1 Å². The van der Waals surface area contributed by atoms with Gasteiger partial charge < -0.3 is 44.0 Å². The van der Waals surface area contributed by atoms with Crippen molar-refractivity contribution in [2.75, 3.05) is 19.6 Å². The van der Waals surface area contributed by atoms with Crippen LogP contribution < -0.4 is 28.7 Å². The third-order valence-electron chi connectivity index (χ3n) is 2.83. The summed E-state index contributed by atoms with van der Waals surface area (Å²) in [5.74, 6) is -1.65. The number of guanidine groups is 1. The predicted molar refractivity (Wildman–Crippen MR) is 103 cm³/mol. The van der Waals surface area contributed by atoms with Gasteiger partial charge in [0.2, 0.25) is 0 Å². The molecule has 0 amide bonds. The van der Waals surface area contributed by atoms with Gasteiger partial charge in [-0.15, -0.1) is 0 Å². The van der Waals surface area contributed by atoms with E-state index in [2.05, 4.69) is 10.7 Å². The molecule has 0 radical (unpaired) electrons. The lowest BCUT2D eigenvalue weighted by Gasteiger charge is -2.03. The van der Waals surface area contributed by atoms with Crippen LogP contribution >= 0.6 is 0 Å². The molecule has 0 saturated carbocycles. The fourth-order valence-corrected chi connectivity index (χ4v) is 1.47. The number of carboxylic acid groups (broad SMARTS) is 2. The molecule has 11 heteroatoms. The van der Waals surface area contributed by atoms with Gasteiger partial charge in [-0.05, 0) is 43.5 Å². The number of phenolic OH excluding ortho intramolecular Hbond substituents is 1. The van der Waals surface area contributed by atoms with Crippen LogP contribution in [-0.4, -0.2) is 58.9 Å². The molecule has 1 rings (SSSR count). The van der Waals surface area contributed by atoms with Crippen molar-refractivity contribution in [2.24, 2.45) is 33.7 Å². The first kappa shape index (κ1) is 26.3. The third kappa shape index (κ3) is 19.3. The Hall–Kier alpha value is -2.89. The van der Waals surface area contributed by atoms with E-state index < -0.39 is 18.0 Å². The number of rotatable bonds is 8. The predicted octanol–water partition coefficient (Wildman–Crippen LogP) is -1.62. The number of carboxylic acids is 2. The van der Waals surface area contributed by atoms with Crippen LogP contribution in [0.4, 0.5) is 0 Å². The van der Waals surface area contributed by atoms with Crippen LogP contribution in [0, 0.1) is 0 Å². The molecule has 0 spiro atoms. The van der Waals surface area contributed by atoms with Gasteiger partial charge in [0, 0.05) is 6.54 Å². The van der Waals surface area contributed by atoms with Gasteiger partial charge in [0.05, 0.1) is 6.54 Å². The smallest absolute Gasteiger partial charge is 0.320 e. The summed E-state index contributed by atoms with van der Waals surface area (Å²) in [6.45, 7) is 0.800. The Morgan fingerprint density at radius 2 is 1.59 bits per heavy atom. The van der Waals surface area contributed by atoms with E-state index in [1.807, 2.05) is 12.1 Å². The highest BCUT2D eigenvalue weighted by Crippen LogP contribution is 2.09. The molecule has 0 fully saturated rings. The van der Waals surface area contributed by atoms with Crippen molar-refractivity contribution in [1.82, 2.24) is 0 Å². The lowest BCUT2D eigenvalue weighted by Crippen LogP contribution is -2.30. The standard InChI is InChI=1S/C8H11NO.C6H14N4O2.C2H5NO2/c9-6-5-7-1-3-8(10)4-2-7;7-4(5(11)12)2-1-3-10-6(8)9;3-1-2(4)5/h1-4,10H,5-6,9H2;4H,1-3,7H2,(H,11,12)(H4,8,9,10);1,3H2,(H,4,5). The molecule has 0 aliphatic carbocycles. The summed E-state index contributed by atoms with van der Waals surface area (Å²) in [6, 6.07) is 6.28. The van der Waals surface area contributed by atoms with Crippen molar-refractivity contribution in [3.05, 3.63) is 29.8 Å². The van der Waals surface area contributed by atoms with Gasteiger partial charge >= 0.3 is 11.9 Å². The second-order valence-corrected chi connectivity index (χ2v) is 5.20. The minimum atomic E-state index is -1.00. The number of benzene rings is 1. The fourth-order valence-electron chi connectivity index (χ4n) is 1.47. The maximum absolute atomic E-state index is 10.2. The number of carbonyl (C=O) groups is 2. The molecule has 0 bridgehead atoms. The number of aliphatic imine (C=N–C) groups is 1. The highest BCUT2D eigenvalue weighted by molar-refractivity contribution is 5.75. The lowest BCUT2D eigenvalue weighted by molar-refractivity contribution is -0.138. The minimum absolute atomic E-state index is 0.0129. The zero-order valence-corrected chi connectivity index (χ0v) is 15.1. The van der Waals surface area contributed by atoms with Gasteiger partial charge in [-0.2, -0.15) is 0 Å². The monoisotopic (exact) mass is 386 g/mol. The first-order chi connectivity index (χ1) is 12.6. The quantitative estimate of drug-likeness (QED) is 0.144. The second-order valence-electron chi connectivity index (χ2n) is 5.20. The molecule has 13 N–H and O–H groups in total. The Kier molecular flexibility index (Phi) is 16.2. The van der Waals surface area contributed by atoms with Crippen LogP contribution in [0.15, 0.2) is 29.3 Å². The zero-order chi connectivity index (χ0) is 21.2. The number of hydrogen-bond donors (Lipinski definition) is 8. The van der Waals surface area contributed by atoms with Gasteiger partial charge in [0.1, 0.15) is 11.8 Å². The van der Waals surface area contributed by atoms with E-state index in [0.717, 1.165) is 6.42 Å². The molecule has 1 aromatic rings. The van der Waals surface area contributed by atoms with Crippen LogP contribution in [0.25, 0.3) is 0 Å². The van der Waals surface area contributed by atoms with Crippen molar-refractivity contribution in [2.45, 2.75) is 25.3 Å². The summed E-state index contributed by atoms with van der Waals surface area (Å²) in [5.41, 5.74) is 26.4. The van der Waals surface area contributed by atoms with Gasteiger partial charge in [-0.25, -0.2) is 0 Å². The van der Waals surface area contributed by atoms with Crippen LogP contribution in [-0.2, 0) is 16.0 Å². The van der Waals surface area contributed by atoms with E-state index in [0.29, 0.717) is 31.7 Å². The van der Waals surface area contributed by atoms with Crippen LogP contribution in [0.1, 0.15) is 18.4 Å². The number of aromatic hydroxyl groups is 1. The molecule has 0 saturated heterocycles. The molecular weight excluding hydrogens is 356 g/mol. The van der Waals surface area contributed by atoms with Crippen molar-refractivity contribution in [3.8, 4) is 5.75 Å². The first-order valence-electron chi connectivity index (χ1n) is 8.07. The molecule has 0 aromatic heterocycles. The van der Waals surface area contributed by atoms with Gasteiger partial charge in [0.15, 0.2) is 5.96 Å². The van der Waals surface area contributed by atoms with E-state index in [9.17, 15) is 9.59 Å². The first-order valence-corrected chi connectivity index (χ1v) is 8.07. The maximum Gasteiger partial charge on any atom is 0.320 e.